The first-order valence-corrected chi connectivity index (χ1v) is 7.61. The number of carbonyl (C=O) groups is 1. The van der Waals surface area contributed by atoms with E-state index in [4.69, 9.17) is 0 Å². The van der Waals surface area contributed by atoms with E-state index >= 15 is 0 Å². The van der Waals surface area contributed by atoms with Crippen molar-refractivity contribution in [3.63, 3.8) is 0 Å². The van der Waals surface area contributed by atoms with Crippen LogP contribution in [0.1, 0.15) is 0 Å². The summed E-state index contributed by atoms with van der Waals surface area (Å²) in [6, 6.07) is 3.50. The van der Waals surface area contributed by atoms with Gasteiger partial charge in [0.2, 0.25) is 5.91 Å². The lowest BCUT2D eigenvalue weighted by molar-refractivity contribution is -0.116. The summed E-state index contributed by atoms with van der Waals surface area (Å²) in [4.78, 5) is 32.7. The number of nitrogens with zero attached hydrogens (tertiary/aromatic N) is 5. The first-order chi connectivity index (χ1) is 11.2. The lowest BCUT2D eigenvalue weighted by atomic mass is 10.3. The zero-order valence-electron chi connectivity index (χ0n) is 11.7. The molecule has 9 heteroatoms. The van der Waals surface area contributed by atoms with E-state index in [0.29, 0.717) is 21.7 Å². The van der Waals surface area contributed by atoms with Gasteiger partial charge in [-0.2, -0.15) is 5.10 Å². The SMILES string of the molecule is O=C(Cn1ccc2c(cnc3ccnn32)c1=O)Nc1nccs1. The zero-order valence-corrected chi connectivity index (χ0v) is 12.5. The predicted molar refractivity (Wildman–Crippen MR) is 85.5 cm³/mol. The fourth-order valence-electron chi connectivity index (χ4n) is 2.32. The van der Waals surface area contributed by atoms with Crippen LogP contribution in [0.2, 0.25) is 0 Å². The van der Waals surface area contributed by atoms with Crippen molar-refractivity contribution in [2.75, 3.05) is 5.32 Å². The summed E-state index contributed by atoms with van der Waals surface area (Å²) in [6.07, 6.45) is 6.30. The normalized spacial score (nSPS) is 11.1. The number of fused-ring (bicyclic) bond motifs is 3. The number of thiazole rings is 1. The highest BCUT2D eigenvalue weighted by atomic mass is 32.1. The Bertz CT molecular complexity index is 1070. The van der Waals surface area contributed by atoms with Gasteiger partial charge in [0.05, 0.1) is 17.1 Å². The maximum atomic E-state index is 12.5. The summed E-state index contributed by atoms with van der Waals surface area (Å²) >= 11 is 1.32. The number of hydrogen-bond acceptors (Lipinski definition) is 6. The van der Waals surface area contributed by atoms with Crippen molar-refractivity contribution in [1.82, 2.24) is 24.1 Å². The minimum Gasteiger partial charge on any atom is -0.305 e. The van der Waals surface area contributed by atoms with Crippen molar-refractivity contribution >= 4 is 38.9 Å². The molecule has 23 heavy (non-hydrogen) atoms. The third-order valence-corrected chi connectivity index (χ3v) is 4.04. The Hall–Kier alpha value is -3.07. The van der Waals surface area contributed by atoms with E-state index in [1.165, 1.54) is 22.1 Å². The summed E-state index contributed by atoms with van der Waals surface area (Å²) in [7, 11) is 0. The van der Waals surface area contributed by atoms with Gasteiger partial charge in [-0.05, 0) is 6.07 Å². The molecule has 0 saturated heterocycles. The molecule has 1 N–H and O–H groups in total. The monoisotopic (exact) mass is 326 g/mol. The van der Waals surface area contributed by atoms with Crippen molar-refractivity contribution < 1.29 is 4.79 Å². The molecule has 4 aromatic rings. The molecule has 4 aromatic heterocycles. The maximum Gasteiger partial charge on any atom is 0.262 e. The second-order valence-electron chi connectivity index (χ2n) is 4.79. The van der Waals surface area contributed by atoms with Crippen molar-refractivity contribution in [2.45, 2.75) is 6.54 Å². The van der Waals surface area contributed by atoms with Gasteiger partial charge >= 0.3 is 0 Å². The third-order valence-electron chi connectivity index (χ3n) is 3.35. The largest absolute Gasteiger partial charge is 0.305 e. The van der Waals surface area contributed by atoms with Gasteiger partial charge in [0.1, 0.15) is 6.54 Å². The molecule has 1 amide bonds. The molecular formula is C14H10N6O2S. The molecule has 0 aliphatic rings. The molecule has 0 aromatic carbocycles. The average molecular weight is 326 g/mol. The van der Waals surface area contributed by atoms with Crippen LogP contribution in [0.3, 0.4) is 0 Å². The van der Waals surface area contributed by atoms with Gasteiger partial charge in [-0.25, -0.2) is 14.5 Å². The molecule has 0 spiro atoms. The molecular weight excluding hydrogens is 316 g/mol. The maximum absolute atomic E-state index is 12.5. The Kier molecular flexibility index (Phi) is 3.12. The van der Waals surface area contributed by atoms with Crippen LogP contribution in [-0.4, -0.2) is 30.1 Å². The van der Waals surface area contributed by atoms with Crippen LogP contribution < -0.4 is 10.9 Å². The molecule has 8 nitrogen and oxygen atoms in total. The second kappa shape index (κ2) is 5.29. The first-order valence-electron chi connectivity index (χ1n) is 6.73. The summed E-state index contributed by atoms with van der Waals surface area (Å²) in [6.45, 7) is -0.0918. The van der Waals surface area contributed by atoms with Crippen LogP contribution in [-0.2, 0) is 11.3 Å². The standard InChI is InChI=1S/C14H10N6O2S/c21-12(18-14-15-4-6-23-14)8-19-5-2-10-9(13(19)22)7-16-11-1-3-17-20(10)11/h1-7H,8H2,(H,15,18,21). The summed E-state index contributed by atoms with van der Waals surface area (Å²) < 4.78 is 2.93. The van der Waals surface area contributed by atoms with Crippen molar-refractivity contribution in [3.8, 4) is 0 Å². The van der Waals surface area contributed by atoms with Gasteiger partial charge in [0.15, 0.2) is 10.8 Å². The van der Waals surface area contributed by atoms with Gasteiger partial charge in [-0.15, -0.1) is 11.3 Å². The zero-order chi connectivity index (χ0) is 15.8. The number of hydrogen-bond donors (Lipinski definition) is 1. The van der Waals surface area contributed by atoms with Crippen molar-refractivity contribution in [2.24, 2.45) is 0 Å². The van der Waals surface area contributed by atoms with Crippen LogP contribution in [0.4, 0.5) is 5.13 Å². The molecule has 0 fully saturated rings. The predicted octanol–water partition coefficient (Wildman–Crippen LogP) is 1.14. The van der Waals surface area contributed by atoms with Gasteiger partial charge in [-0.3, -0.25) is 9.59 Å². The minimum atomic E-state index is -0.311. The molecule has 4 heterocycles. The summed E-state index contributed by atoms with van der Waals surface area (Å²) in [5.41, 5.74) is 1.03. The molecule has 4 rings (SSSR count). The van der Waals surface area contributed by atoms with Gasteiger partial charge < -0.3 is 9.88 Å². The summed E-state index contributed by atoms with van der Waals surface area (Å²) in [5.74, 6) is -0.311. The highest BCUT2D eigenvalue weighted by Gasteiger charge is 2.11. The highest BCUT2D eigenvalue weighted by molar-refractivity contribution is 7.13. The fraction of sp³-hybridized carbons (Fsp3) is 0.0714. The van der Waals surface area contributed by atoms with Gasteiger partial charge in [0.25, 0.3) is 5.56 Å². The van der Waals surface area contributed by atoms with E-state index in [-0.39, 0.29) is 18.0 Å². The van der Waals surface area contributed by atoms with E-state index in [0.717, 1.165) is 0 Å². The fourth-order valence-corrected chi connectivity index (χ4v) is 2.87. The Morgan fingerprint density at radius 1 is 1.26 bits per heavy atom. The number of rotatable bonds is 3. The third kappa shape index (κ3) is 2.36. The van der Waals surface area contributed by atoms with Gasteiger partial charge in [0, 0.05) is 30.0 Å². The number of anilines is 1. The Labute approximate surface area is 133 Å². The minimum absolute atomic E-state index is 0.0918. The Balaban J connectivity index is 1.70. The number of aromatic nitrogens is 5. The molecule has 0 aliphatic heterocycles. The van der Waals surface area contributed by atoms with E-state index in [2.05, 4.69) is 20.4 Å². The quantitative estimate of drug-likeness (QED) is 0.609. The molecule has 114 valence electrons. The number of amides is 1. The molecule has 0 saturated carbocycles. The van der Waals surface area contributed by atoms with Crippen LogP contribution >= 0.6 is 11.3 Å². The van der Waals surface area contributed by atoms with Crippen LogP contribution in [0.25, 0.3) is 16.6 Å². The van der Waals surface area contributed by atoms with Gasteiger partial charge in [-0.1, -0.05) is 0 Å². The van der Waals surface area contributed by atoms with Crippen LogP contribution in [0.15, 0.2) is 47.1 Å². The van der Waals surface area contributed by atoms with Crippen molar-refractivity contribution in [3.05, 3.63) is 52.7 Å². The first kappa shape index (κ1) is 13.6. The summed E-state index contributed by atoms with van der Waals surface area (Å²) in [5, 5.41) is 9.47. The molecule has 0 radical (unpaired) electrons. The lowest BCUT2D eigenvalue weighted by Crippen LogP contribution is -2.27. The molecule has 0 aliphatic carbocycles. The second-order valence-corrected chi connectivity index (χ2v) is 5.69. The van der Waals surface area contributed by atoms with Crippen LogP contribution in [0, 0.1) is 0 Å². The van der Waals surface area contributed by atoms with E-state index in [9.17, 15) is 9.59 Å². The van der Waals surface area contributed by atoms with E-state index in [1.54, 1.807) is 40.6 Å². The molecule has 0 bridgehead atoms. The smallest absolute Gasteiger partial charge is 0.262 e. The number of pyridine rings is 1. The lowest BCUT2D eigenvalue weighted by Gasteiger charge is -2.07. The van der Waals surface area contributed by atoms with E-state index in [1.807, 2.05) is 0 Å². The number of nitrogens with one attached hydrogen (secondary N) is 1. The highest BCUT2D eigenvalue weighted by Crippen LogP contribution is 2.11. The van der Waals surface area contributed by atoms with Crippen LogP contribution in [0.5, 0.6) is 0 Å². The Morgan fingerprint density at radius 3 is 3.00 bits per heavy atom. The molecule has 0 unspecified atom stereocenters. The number of carbonyl (C=O) groups excluding carboxylic acids is 1. The topological polar surface area (TPSA) is 94.2 Å². The van der Waals surface area contributed by atoms with E-state index < -0.39 is 0 Å². The Morgan fingerprint density at radius 2 is 2.17 bits per heavy atom. The average Bonchev–Trinajstić information content (AvgIpc) is 3.20. The molecule has 0 atom stereocenters. The van der Waals surface area contributed by atoms with Crippen molar-refractivity contribution in [1.29, 1.82) is 0 Å².